The minimum Gasteiger partial charge on any atom is -0.484 e. The molecule has 1 heterocycles. The second-order valence-corrected chi connectivity index (χ2v) is 8.74. The molecule has 0 unspecified atom stereocenters. The second-order valence-electron chi connectivity index (χ2n) is 5.52. The highest BCUT2D eigenvalue weighted by molar-refractivity contribution is 7.91. The lowest BCUT2D eigenvalue weighted by atomic mass is 10.2. The molecule has 6 nitrogen and oxygen atoms in total. The third-order valence-corrected chi connectivity index (χ3v) is 6.49. The Balaban J connectivity index is 1.88. The van der Waals surface area contributed by atoms with Crippen LogP contribution >= 0.6 is 11.3 Å². The highest BCUT2D eigenvalue weighted by atomic mass is 32.2. The third kappa shape index (κ3) is 6.52. The van der Waals surface area contributed by atoms with E-state index in [1.54, 1.807) is 17.5 Å². The van der Waals surface area contributed by atoms with E-state index in [2.05, 4.69) is 10.1 Å². The summed E-state index contributed by atoms with van der Waals surface area (Å²) in [5, 5.41) is 4.15. The van der Waals surface area contributed by atoms with Gasteiger partial charge in [-0.3, -0.25) is 4.79 Å². The predicted octanol–water partition coefficient (Wildman–Crippen LogP) is 2.63. The van der Waals surface area contributed by atoms with Gasteiger partial charge in [-0.1, -0.05) is 18.2 Å². The van der Waals surface area contributed by atoms with Crippen LogP contribution in [0.3, 0.4) is 0 Å². The van der Waals surface area contributed by atoms with Gasteiger partial charge in [-0.15, -0.1) is 11.3 Å². The van der Waals surface area contributed by atoms with E-state index in [-0.39, 0.29) is 23.0 Å². The number of sulfonamides is 1. The molecule has 2 aromatic rings. The molecule has 0 radical (unpaired) electrons. The number of alkyl halides is 3. The van der Waals surface area contributed by atoms with E-state index in [0.29, 0.717) is 5.56 Å². The molecular formula is C16H17F3N2O4S2. The van der Waals surface area contributed by atoms with Crippen molar-refractivity contribution in [1.29, 1.82) is 0 Å². The number of halogens is 3. The number of likely N-dealkylation sites (N-methyl/N-ethyl adjacent to an activating group) is 1. The molecule has 1 aromatic carbocycles. The van der Waals surface area contributed by atoms with E-state index >= 15 is 0 Å². The average Bonchev–Trinajstić information content (AvgIpc) is 3.13. The molecule has 1 aromatic heterocycles. The first-order valence-corrected chi connectivity index (χ1v) is 9.95. The first-order chi connectivity index (χ1) is 12.6. The molecule has 0 saturated heterocycles. The molecule has 0 spiro atoms. The topological polar surface area (TPSA) is 75.7 Å². The highest BCUT2D eigenvalue weighted by Crippen LogP contribution is 2.20. The largest absolute Gasteiger partial charge is 0.484 e. The molecule has 1 amide bonds. The van der Waals surface area contributed by atoms with Crippen molar-refractivity contribution in [3.8, 4) is 5.75 Å². The monoisotopic (exact) mass is 422 g/mol. The maximum absolute atomic E-state index is 12.2. The number of nitrogens with one attached hydrogen (secondary N) is 1. The van der Waals surface area contributed by atoms with Gasteiger partial charge in [0, 0.05) is 13.6 Å². The van der Waals surface area contributed by atoms with Crippen molar-refractivity contribution in [2.45, 2.75) is 16.9 Å². The fraction of sp³-hybridized carbons (Fsp3) is 0.312. The molecule has 1 N–H and O–H groups in total. The van der Waals surface area contributed by atoms with Gasteiger partial charge < -0.3 is 10.1 Å². The Morgan fingerprint density at radius 2 is 2.00 bits per heavy atom. The Kier molecular flexibility index (Phi) is 6.84. The fourth-order valence-electron chi connectivity index (χ4n) is 2.02. The van der Waals surface area contributed by atoms with Crippen molar-refractivity contribution in [3.05, 3.63) is 47.3 Å². The van der Waals surface area contributed by atoms with Gasteiger partial charge in [-0.05, 0) is 29.1 Å². The zero-order valence-corrected chi connectivity index (χ0v) is 15.8. The first kappa shape index (κ1) is 21.2. The van der Waals surface area contributed by atoms with E-state index in [4.69, 9.17) is 0 Å². The number of hydrogen-bond donors (Lipinski definition) is 1. The molecule has 0 bridgehead atoms. The number of carbonyl (C=O) groups excluding carboxylic acids is 1. The van der Waals surface area contributed by atoms with Gasteiger partial charge in [-0.25, -0.2) is 8.42 Å². The van der Waals surface area contributed by atoms with E-state index in [1.165, 1.54) is 31.3 Å². The zero-order chi connectivity index (χ0) is 20.1. The number of thiophene rings is 1. The van der Waals surface area contributed by atoms with E-state index in [0.717, 1.165) is 15.6 Å². The maximum atomic E-state index is 12.2. The molecule has 2 rings (SSSR count). The van der Waals surface area contributed by atoms with E-state index < -0.39 is 28.7 Å². The Hall–Kier alpha value is -2.11. The first-order valence-electron chi connectivity index (χ1n) is 7.63. The summed E-state index contributed by atoms with van der Waals surface area (Å²) in [5.74, 6) is -0.518. The van der Waals surface area contributed by atoms with Crippen molar-refractivity contribution >= 4 is 27.3 Å². The van der Waals surface area contributed by atoms with Crippen molar-refractivity contribution in [2.75, 3.05) is 20.2 Å². The van der Waals surface area contributed by atoms with Gasteiger partial charge in [0.15, 0.2) is 6.61 Å². The van der Waals surface area contributed by atoms with Crippen LogP contribution in [-0.4, -0.2) is 45.0 Å². The number of amides is 1. The zero-order valence-electron chi connectivity index (χ0n) is 14.2. The summed E-state index contributed by atoms with van der Waals surface area (Å²) in [7, 11) is -2.45. The van der Waals surface area contributed by atoms with E-state index in [9.17, 15) is 26.4 Å². The molecule has 0 saturated carbocycles. The molecular weight excluding hydrogens is 405 g/mol. The molecule has 148 valence electrons. The SMILES string of the molecule is CN(CC(=O)NCc1cccc(OCC(F)(F)F)c1)S(=O)(=O)c1cccs1. The number of nitrogens with zero attached hydrogens (tertiary/aromatic N) is 1. The Morgan fingerprint density at radius 1 is 1.26 bits per heavy atom. The third-order valence-electron chi connectivity index (χ3n) is 3.32. The van der Waals surface area contributed by atoms with Crippen LogP contribution < -0.4 is 10.1 Å². The lowest BCUT2D eigenvalue weighted by Crippen LogP contribution is -2.37. The molecule has 11 heteroatoms. The lowest BCUT2D eigenvalue weighted by molar-refractivity contribution is -0.153. The minimum absolute atomic E-state index is 0.0228. The van der Waals surface area contributed by atoms with Gasteiger partial charge in [-0.2, -0.15) is 17.5 Å². The fourth-order valence-corrected chi connectivity index (χ4v) is 4.35. The Morgan fingerprint density at radius 3 is 2.63 bits per heavy atom. The number of ether oxygens (including phenoxy) is 1. The van der Waals surface area contributed by atoms with Crippen molar-refractivity contribution in [3.63, 3.8) is 0 Å². The lowest BCUT2D eigenvalue weighted by Gasteiger charge is -2.16. The molecule has 0 aliphatic rings. The van der Waals surface area contributed by atoms with Crippen LogP contribution in [0.2, 0.25) is 0 Å². The van der Waals surface area contributed by atoms with Gasteiger partial charge in [0.2, 0.25) is 5.91 Å². The van der Waals surface area contributed by atoms with Gasteiger partial charge in [0.25, 0.3) is 10.0 Å². The standard InChI is InChI=1S/C16H17F3N2O4S2/c1-21(27(23,24)15-6-3-7-26-15)10-14(22)20-9-12-4-2-5-13(8-12)25-11-16(17,18)19/h2-8H,9-11H2,1H3,(H,20,22). The summed E-state index contributed by atoms with van der Waals surface area (Å²) < 4.78 is 66.7. The number of benzene rings is 1. The van der Waals surface area contributed by atoms with Crippen molar-refractivity contribution < 1.29 is 31.1 Å². The number of hydrogen-bond acceptors (Lipinski definition) is 5. The smallest absolute Gasteiger partial charge is 0.422 e. The quantitative estimate of drug-likeness (QED) is 0.710. The molecule has 0 atom stereocenters. The second kappa shape index (κ2) is 8.72. The van der Waals surface area contributed by atoms with Crippen LogP contribution in [0.5, 0.6) is 5.75 Å². The van der Waals surface area contributed by atoms with Gasteiger partial charge in [0.1, 0.15) is 9.96 Å². The predicted molar refractivity (Wildman–Crippen MR) is 94.0 cm³/mol. The maximum Gasteiger partial charge on any atom is 0.422 e. The molecule has 0 fully saturated rings. The number of carbonyl (C=O) groups is 1. The van der Waals surface area contributed by atoms with Crippen LogP contribution in [0, 0.1) is 0 Å². The van der Waals surface area contributed by atoms with Crippen LogP contribution in [0.4, 0.5) is 13.2 Å². The number of rotatable bonds is 8. The van der Waals surface area contributed by atoms with Crippen LogP contribution in [-0.2, 0) is 21.4 Å². The Bertz CT molecular complexity index is 868. The van der Waals surface area contributed by atoms with E-state index in [1.807, 2.05) is 0 Å². The summed E-state index contributed by atoms with van der Waals surface area (Å²) in [6.45, 7) is -1.77. The summed E-state index contributed by atoms with van der Waals surface area (Å²) in [6, 6.07) is 8.89. The summed E-state index contributed by atoms with van der Waals surface area (Å²) in [4.78, 5) is 12.0. The van der Waals surface area contributed by atoms with Gasteiger partial charge in [0.05, 0.1) is 6.54 Å². The minimum atomic E-state index is -4.44. The molecule has 0 aliphatic heterocycles. The molecule has 27 heavy (non-hydrogen) atoms. The van der Waals surface area contributed by atoms with Crippen molar-refractivity contribution in [2.24, 2.45) is 0 Å². The summed E-state index contributed by atoms with van der Waals surface area (Å²) in [5.41, 5.74) is 0.520. The summed E-state index contributed by atoms with van der Waals surface area (Å²) >= 11 is 1.05. The van der Waals surface area contributed by atoms with Gasteiger partial charge >= 0.3 is 6.18 Å². The van der Waals surface area contributed by atoms with Crippen LogP contribution in [0.1, 0.15) is 5.56 Å². The molecule has 0 aliphatic carbocycles. The van der Waals surface area contributed by atoms with Crippen molar-refractivity contribution in [1.82, 2.24) is 9.62 Å². The highest BCUT2D eigenvalue weighted by Gasteiger charge is 2.28. The average molecular weight is 422 g/mol. The van der Waals surface area contributed by atoms with Crippen LogP contribution in [0.15, 0.2) is 46.0 Å². The normalized spacial score (nSPS) is 12.2. The Labute approximate surface area is 158 Å². The summed E-state index contributed by atoms with van der Waals surface area (Å²) in [6.07, 6.45) is -4.44. The van der Waals surface area contributed by atoms with Crippen LogP contribution in [0.25, 0.3) is 0 Å².